The van der Waals surface area contributed by atoms with E-state index in [2.05, 4.69) is 12.2 Å². The fourth-order valence-corrected chi connectivity index (χ4v) is 1.99. The zero-order valence-electron chi connectivity index (χ0n) is 8.96. The molecule has 2 aliphatic rings. The average molecular weight is 196 g/mol. The molecule has 3 heteroatoms. The summed E-state index contributed by atoms with van der Waals surface area (Å²) in [4.78, 5) is 13.7. The van der Waals surface area contributed by atoms with Crippen molar-refractivity contribution in [3.63, 3.8) is 0 Å². The molecule has 1 N–H and O–H groups in total. The van der Waals surface area contributed by atoms with Crippen molar-refractivity contribution in [1.29, 1.82) is 0 Å². The Morgan fingerprint density at radius 3 is 2.79 bits per heavy atom. The van der Waals surface area contributed by atoms with Gasteiger partial charge < -0.3 is 10.2 Å². The summed E-state index contributed by atoms with van der Waals surface area (Å²) in [6, 6.07) is 0.723. The van der Waals surface area contributed by atoms with E-state index in [-0.39, 0.29) is 0 Å². The molecule has 2 fully saturated rings. The normalized spacial score (nSPS) is 26.9. The van der Waals surface area contributed by atoms with E-state index >= 15 is 0 Å². The molecule has 1 aliphatic heterocycles. The quantitative estimate of drug-likeness (QED) is 0.727. The minimum Gasteiger partial charge on any atom is -0.342 e. The van der Waals surface area contributed by atoms with Gasteiger partial charge in [0.25, 0.3) is 0 Å². The lowest BCUT2D eigenvalue weighted by atomic mass is 10.2. The van der Waals surface area contributed by atoms with Gasteiger partial charge in [0.15, 0.2) is 0 Å². The Hall–Kier alpha value is -0.570. The average Bonchev–Trinajstić information content (AvgIpc) is 2.87. The summed E-state index contributed by atoms with van der Waals surface area (Å²) < 4.78 is 0. The Kier molecular flexibility index (Phi) is 3.06. The molecule has 0 radical (unpaired) electrons. The van der Waals surface area contributed by atoms with Crippen LogP contribution in [-0.4, -0.2) is 36.5 Å². The summed E-state index contributed by atoms with van der Waals surface area (Å²) in [7, 11) is 0. The summed E-state index contributed by atoms with van der Waals surface area (Å²) >= 11 is 0. The van der Waals surface area contributed by atoms with Crippen LogP contribution in [-0.2, 0) is 4.79 Å². The molecule has 1 unspecified atom stereocenters. The van der Waals surface area contributed by atoms with E-state index in [1.54, 1.807) is 0 Å². The van der Waals surface area contributed by atoms with Gasteiger partial charge in [0.1, 0.15) is 0 Å². The number of carbonyl (C=O) groups excluding carboxylic acids is 1. The van der Waals surface area contributed by atoms with Crippen molar-refractivity contribution in [3.8, 4) is 0 Å². The van der Waals surface area contributed by atoms with E-state index in [1.165, 1.54) is 19.3 Å². The molecule has 14 heavy (non-hydrogen) atoms. The first-order valence-electron chi connectivity index (χ1n) is 5.77. The number of likely N-dealkylation sites (tertiary alicyclic amines) is 1. The number of hydrogen-bond donors (Lipinski definition) is 1. The van der Waals surface area contributed by atoms with Gasteiger partial charge in [0, 0.05) is 32.1 Å². The molecule has 2 rings (SSSR count). The number of carbonyl (C=O) groups is 1. The van der Waals surface area contributed by atoms with Crippen LogP contribution in [0, 0.1) is 5.92 Å². The molecule has 1 amide bonds. The van der Waals surface area contributed by atoms with E-state index in [1.807, 2.05) is 4.90 Å². The Morgan fingerprint density at radius 2 is 2.21 bits per heavy atom. The molecule has 0 aromatic heterocycles. The molecule has 0 bridgehead atoms. The lowest BCUT2D eigenvalue weighted by Gasteiger charge is -2.15. The summed E-state index contributed by atoms with van der Waals surface area (Å²) in [5.74, 6) is 1.04. The molecule has 1 saturated heterocycles. The fraction of sp³-hybridized carbons (Fsp3) is 0.909. The van der Waals surface area contributed by atoms with E-state index in [0.29, 0.717) is 18.2 Å². The van der Waals surface area contributed by atoms with Gasteiger partial charge in [-0.3, -0.25) is 4.79 Å². The predicted octanol–water partition coefficient (Wildman–Crippen LogP) is 0.997. The lowest BCUT2D eigenvalue weighted by Crippen LogP contribution is -2.31. The van der Waals surface area contributed by atoms with E-state index < -0.39 is 0 Å². The summed E-state index contributed by atoms with van der Waals surface area (Å²) in [6.07, 6.45) is 4.47. The molecular formula is C11H20N2O. The van der Waals surface area contributed by atoms with Crippen LogP contribution < -0.4 is 5.32 Å². The number of nitrogens with one attached hydrogen (secondary N) is 1. The van der Waals surface area contributed by atoms with Gasteiger partial charge in [-0.15, -0.1) is 0 Å². The van der Waals surface area contributed by atoms with Crippen LogP contribution in [0.15, 0.2) is 0 Å². The van der Waals surface area contributed by atoms with Crippen LogP contribution in [0.2, 0.25) is 0 Å². The van der Waals surface area contributed by atoms with Crippen molar-refractivity contribution >= 4 is 5.91 Å². The third-order valence-electron chi connectivity index (χ3n) is 3.13. The molecule has 1 saturated carbocycles. The minimum absolute atomic E-state index is 0.336. The third-order valence-corrected chi connectivity index (χ3v) is 3.13. The minimum atomic E-state index is 0.336. The second-order valence-corrected chi connectivity index (χ2v) is 4.71. The fourth-order valence-electron chi connectivity index (χ4n) is 1.99. The molecule has 0 spiro atoms. The van der Waals surface area contributed by atoms with Crippen molar-refractivity contribution < 1.29 is 4.79 Å². The number of amides is 1. The highest BCUT2D eigenvalue weighted by molar-refractivity contribution is 5.76. The highest BCUT2D eigenvalue weighted by Crippen LogP contribution is 2.19. The van der Waals surface area contributed by atoms with Gasteiger partial charge in [-0.1, -0.05) is 6.92 Å². The van der Waals surface area contributed by atoms with Crippen LogP contribution in [0.4, 0.5) is 0 Å². The maximum atomic E-state index is 11.7. The van der Waals surface area contributed by atoms with Crippen molar-refractivity contribution in [3.05, 3.63) is 0 Å². The van der Waals surface area contributed by atoms with Crippen molar-refractivity contribution in [2.45, 2.75) is 38.6 Å². The zero-order chi connectivity index (χ0) is 9.97. The molecule has 0 aromatic rings. The zero-order valence-corrected chi connectivity index (χ0v) is 8.96. The smallest absolute Gasteiger partial charge is 0.223 e. The molecule has 1 atom stereocenters. The Balaban J connectivity index is 1.61. The second kappa shape index (κ2) is 4.30. The molecular weight excluding hydrogens is 176 g/mol. The van der Waals surface area contributed by atoms with Gasteiger partial charge in [0.2, 0.25) is 5.91 Å². The first-order chi connectivity index (χ1) is 6.75. The first-order valence-corrected chi connectivity index (χ1v) is 5.77. The molecule has 1 aliphatic carbocycles. The van der Waals surface area contributed by atoms with Crippen molar-refractivity contribution in [2.75, 3.05) is 19.6 Å². The highest BCUT2D eigenvalue weighted by Gasteiger charge is 2.24. The maximum Gasteiger partial charge on any atom is 0.223 e. The monoisotopic (exact) mass is 196 g/mol. The van der Waals surface area contributed by atoms with Gasteiger partial charge in [-0.05, 0) is 25.2 Å². The van der Waals surface area contributed by atoms with Gasteiger partial charge in [-0.2, -0.15) is 0 Å². The largest absolute Gasteiger partial charge is 0.342 e. The summed E-state index contributed by atoms with van der Waals surface area (Å²) in [5.41, 5.74) is 0. The van der Waals surface area contributed by atoms with Crippen LogP contribution in [0.3, 0.4) is 0 Å². The Morgan fingerprint density at radius 1 is 1.43 bits per heavy atom. The maximum absolute atomic E-state index is 11.7. The molecule has 80 valence electrons. The van der Waals surface area contributed by atoms with Crippen molar-refractivity contribution in [1.82, 2.24) is 10.2 Å². The van der Waals surface area contributed by atoms with Crippen LogP contribution in [0.25, 0.3) is 0 Å². The summed E-state index contributed by atoms with van der Waals surface area (Å²) in [6.45, 7) is 5.04. The second-order valence-electron chi connectivity index (χ2n) is 4.71. The van der Waals surface area contributed by atoms with Gasteiger partial charge in [0.05, 0.1) is 0 Å². The van der Waals surface area contributed by atoms with E-state index in [9.17, 15) is 4.79 Å². The van der Waals surface area contributed by atoms with Crippen molar-refractivity contribution in [2.24, 2.45) is 5.92 Å². The highest BCUT2D eigenvalue weighted by atomic mass is 16.2. The van der Waals surface area contributed by atoms with Crippen LogP contribution in [0.1, 0.15) is 32.6 Å². The lowest BCUT2D eigenvalue weighted by molar-refractivity contribution is -0.130. The van der Waals surface area contributed by atoms with Crippen LogP contribution in [0.5, 0.6) is 0 Å². The Labute approximate surface area is 85.8 Å². The SMILES string of the molecule is CC1CCN(C(=O)CCNC2CC2)C1. The number of nitrogens with zero attached hydrogens (tertiary/aromatic N) is 1. The van der Waals surface area contributed by atoms with E-state index in [0.717, 1.165) is 25.7 Å². The Bertz CT molecular complexity index is 213. The number of hydrogen-bond acceptors (Lipinski definition) is 2. The topological polar surface area (TPSA) is 32.3 Å². The predicted molar refractivity (Wildman–Crippen MR) is 56.0 cm³/mol. The standard InChI is InChI=1S/C11H20N2O/c1-9-5-7-13(8-9)11(14)4-6-12-10-2-3-10/h9-10,12H,2-8H2,1H3. The molecule has 3 nitrogen and oxygen atoms in total. The van der Waals surface area contributed by atoms with Crippen LogP contribution >= 0.6 is 0 Å². The van der Waals surface area contributed by atoms with Gasteiger partial charge in [-0.25, -0.2) is 0 Å². The van der Waals surface area contributed by atoms with Gasteiger partial charge >= 0.3 is 0 Å². The summed E-state index contributed by atoms with van der Waals surface area (Å²) in [5, 5.41) is 3.37. The van der Waals surface area contributed by atoms with E-state index in [4.69, 9.17) is 0 Å². The third kappa shape index (κ3) is 2.71. The molecule has 0 aromatic carbocycles. The molecule has 1 heterocycles. The first kappa shape index (κ1) is 9.97. The number of rotatable bonds is 4.